The summed E-state index contributed by atoms with van der Waals surface area (Å²) in [4.78, 5) is 11.9. The number of hydrogen-bond acceptors (Lipinski definition) is 3. The zero-order valence-electron chi connectivity index (χ0n) is 10.4. The third kappa shape index (κ3) is 2.79. The quantitative estimate of drug-likeness (QED) is 0.353. The first kappa shape index (κ1) is 14.8. The molecule has 0 aliphatic rings. The van der Waals surface area contributed by atoms with Gasteiger partial charge in [-0.3, -0.25) is 10.6 Å². The van der Waals surface area contributed by atoms with Gasteiger partial charge < -0.3 is 10.7 Å². The van der Waals surface area contributed by atoms with E-state index in [1.807, 2.05) is 10.7 Å². The zero-order chi connectivity index (χ0) is 15.6. The van der Waals surface area contributed by atoms with Gasteiger partial charge in [-0.1, -0.05) is 6.07 Å². The standard InChI is InChI=1S/C13H9F4N3O/c14-7-4-5-9(11(17)10(7)16)19-13(21)6-2-1-3-8(15)12(6)20-18/h1-5,20H,18H2,(H,19,21). The molecule has 0 unspecified atom stereocenters. The van der Waals surface area contributed by atoms with Crippen LogP contribution in [0.15, 0.2) is 30.3 Å². The van der Waals surface area contributed by atoms with E-state index in [4.69, 9.17) is 5.84 Å². The Balaban J connectivity index is 2.35. The molecule has 2 aromatic rings. The van der Waals surface area contributed by atoms with E-state index in [2.05, 4.69) is 0 Å². The first-order chi connectivity index (χ1) is 9.95. The molecule has 0 aliphatic heterocycles. The highest BCUT2D eigenvalue weighted by molar-refractivity contribution is 6.08. The van der Waals surface area contributed by atoms with Gasteiger partial charge in [0.2, 0.25) is 0 Å². The number of amides is 1. The van der Waals surface area contributed by atoms with Crippen molar-refractivity contribution in [1.29, 1.82) is 0 Å². The summed E-state index contributed by atoms with van der Waals surface area (Å²) < 4.78 is 52.7. The number of para-hydroxylation sites is 1. The lowest BCUT2D eigenvalue weighted by atomic mass is 10.1. The van der Waals surface area contributed by atoms with Crippen LogP contribution in [0.25, 0.3) is 0 Å². The second kappa shape index (κ2) is 5.80. The van der Waals surface area contributed by atoms with Crippen molar-refractivity contribution >= 4 is 17.3 Å². The third-order valence-electron chi connectivity index (χ3n) is 2.69. The van der Waals surface area contributed by atoms with Crippen LogP contribution in [0.5, 0.6) is 0 Å². The largest absolute Gasteiger partial charge is 0.321 e. The van der Waals surface area contributed by atoms with Gasteiger partial charge in [-0.05, 0) is 24.3 Å². The third-order valence-corrected chi connectivity index (χ3v) is 2.69. The van der Waals surface area contributed by atoms with E-state index < -0.39 is 34.9 Å². The van der Waals surface area contributed by atoms with Crippen LogP contribution < -0.4 is 16.6 Å². The van der Waals surface area contributed by atoms with Gasteiger partial charge in [-0.15, -0.1) is 0 Å². The van der Waals surface area contributed by atoms with Crippen molar-refractivity contribution in [2.45, 2.75) is 0 Å². The summed E-state index contributed by atoms with van der Waals surface area (Å²) in [5.74, 6) is -1.29. The van der Waals surface area contributed by atoms with E-state index >= 15 is 0 Å². The number of anilines is 2. The minimum absolute atomic E-state index is 0.221. The Morgan fingerprint density at radius 3 is 2.33 bits per heavy atom. The van der Waals surface area contributed by atoms with Gasteiger partial charge in [-0.2, -0.15) is 0 Å². The van der Waals surface area contributed by atoms with Gasteiger partial charge >= 0.3 is 0 Å². The summed E-state index contributed by atoms with van der Waals surface area (Å²) in [7, 11) is 0. The SMILES string of the molecule is NNc1c(F)cccc1C(=O)Nc1ccc(F)c(F)c1F. The van der Waals surface area contributed by atoms with Crippen molar-refractivity contribution in [2.75, 3.05) is 10.7 Å². The number of carbonyl (C=O) groups is 1. The van der Waals surface area contributed by atoms with Gasteiger partial charge in [0.25, 0.3) is 5.91 Å². The molecule has 0 aromatic heterocycles. The van der Waals surface area contributed by atoms with E-state index in [1.165, 1.54) is 12.1 Å². The lowest BCUT2D eigenvalue weighted by Crippen LogP contribution is -2.19. The molecule has 2 aromatic carbocycles. The highest BCUT2D eigenvalue weighted by Gasteiger charge is 2.18. The second-order valence-electron chi connectivity index (χ2n) is 3.98. The number of benzene rings is 2. The Hall–Kier alpha value is -2.61. The average molecular weight is 299 g/mol. The van der Waals surface area contributed by atoms with Gasteiger partial charge in [0.05, 0.1) is 16.9 Å². The maximum absolute atomic E-state index is 13.5. The van der Waals surface area contributed by atoms with Crippen LogP contribution in [0.3, 0.4) is 0 Å². The van der Waals surface area contributed by atoms with E-state index in [0.29, 0.717) is 6.07 Å². The summed E-state index contributed by atoms with van der Waals surface area (Å²) in [6.45, 7) is 0. The summed E-state index contributed by atoms with van der Waals surface area (Å²) in [6, 6.07) is 5.03. The Morgan fingerprint density at radius 2 is 1.67 bits per heavy atom. The number of nitrogens with one attached hydrogen (secondary N) is 2. The van der Waals surface area contributed by atoms with Crippen LogP contribution in [0.4, 0.5) is 28.9 Å². The molecule has 0 radical (unpaired) electrons. The van der Waals surface area contributed by atoms with Crippen LogP contribution in [0.2, 0.25) is 0 Å². The van der Waals surface area contributed by atoms with Crippen molar-refractivity contribution in [2.24, 2.45) is 5.84 Å². The number of rotatable bonds is 3. The fraction of sp³-hybridized carbons (Fsp3) is 0. The number of halogens is 4. The summed E-state index contributed by atoms with van der Waals surface area (Å²) in [5, 5.41) is 2.01. The normalized spacial score (nSPS) is 10.3. The smallest absolute Gasteiger partial charge is 0.258 e. The molecule has 21 heavy (non-hydrogen) atoms. The van der Waals surface area contributed by atoms with Crippen molar-refractivity contribution in [3.05, 3.63) is 59.2 Å². The molecule has 1 amide bonds. The lowest BCUT2D eigenvalue weighted by molar-refractivity contribution is 0.102. The van der Waals surface area contributed by atoms with E-state index in [0.717, 1.165) is 12.1 Å². The molecule has 110 valence electrons. The summed E-state index contributed by atoms with van der Waals surface area (Å²) in [5.41, 5.74) is 0.896. The van der Waals surface area contributed by atoms with Gasteiger partial charge in [0.1, 0.15) is 5.82 Å². The molecule has 0 fully saturated rings. The van der Waals surface area contributed by atoms with Crippen LogP contribution in [0, 0.1) is 23.3 Å². The molecule has 0 aliphatic carbocycles. The van der Waals surface area contributed by atoms with Crippen molar-refractivity contribution < 1.29 is 22.4 Å². The molecule has 2 rings (SSSR count). The van der Waals surface area contributed by atoms with Gasteiger partial charge in [0, 0.05) is 0 Å². The molecular formula is C13H9F4N3O. The molecule has 0 atom stereocenters. The van der Waals surface area contributed by atoms with E-state index in [1.54, 1.807) is 0 Å². The highest BCUT2D eigenvalue weighted by atomic mass is 19.2. The predicted molar refractivity (Wildman–Crippen MR) is 68.5 cm³/mol. The number of hydrogen-bond donors (Lipinski definition) is 3. The first-order valence-corrected chi connectivity index (χ1v) is 5.65. The molecule has 4 nitrogen and oxygen atoms in total. The van der Waals surface area contributed by atoms with E-state index in [9.17, 15) is 22.4 Å². The number of hydrazine groups is 1. The van der Waals surface area contributed by atoms with Crippen LogP contribution >= 0.6 is 0 Å². The van der Waals surface area contributed by atoms with Crippen LogP contribution in [-0.4, -0.2) is 5.91 Å². The van der Waals surface area contributed by atoms with Crippen LogP contribution in [0.1, 0.15) is 10.4 Å². The average Bonchev–Trinajstić information content (AvgIpc) is 2.47. The predicted octanol–water partition coefficient (Wildman–Crippen LogP) is 2.78. The second-order valence-corrected chi connectivity index (χ2v) is 3.98. The molecule has 8 heteroatoms. The topological polar surface area (TPSA) is 67.1 Å². The lowest BCUT2D eigenvalue weighted by Gasteiger charge is -2.11. The van der Waals surface area contributed by atoms with Gasteiger partial charge in [0.15, 0.2) is 17.5 Å². The Kier molecular flexibility index (Phi) is 4.08. The van der Waals surface area contributed by atoms with Crippen molar-refractivity contribution in [1.82, 2.24) is 0 Å². The van der Waals surface area contributed by atoms with Gasteiger partial charge in [-0.25, -0.2) is 17.6 Å². The minimum Gasteiger partial charge on any atom is -0.321 e. The maximum atomic E-state index is 13.5. The van der Waals surface area contributed by atoms with E-state index in [-0.39, 0.29) is 11.3 Å². The molecule has 4 N–H and O–H groups in total. The molecule has 0 spiro atoms. The maximum Gasteiger partial charge on any atom is 0.258 e. The molecule has 0 bridgehead atoms. The highest BCUT2D eigenvalue weighted by Crippen LogP contribution is 2.23. The van der Waals surface area contributed by atoms with Crippen molar-refractivity contribution in [3.63, 3.8) is 0 Å². The monoisotopic (exact) mass is 299 g/mol. The number of nitrogen functional groups attached to an aromatic ring is 1. The fourth-order valence-corrected chi connectivity index (χ4v) is 1.67. The Labute approximate surface area is 116 Å². The zero-order valence-corrected chi connectivity index (χ0v) is 10.4. The minimum atomic E-state index is -1.72. The molecular weight excluding hydrogens is 290 g/mol. The fourth-order valence-electron chi connectivity index (χ4n) is 1.67. The number of nitrogens with two attached hydrogens (primary N) is 1. The number of carbonyl (C=O) groups excluding carboxylic acids is 1. The molecule has 0 heterocycles. The molecule has 0 saturated carbocycles. The summed E-state index contributed by atoms with van der Waals surface area (Å²) in [6.07, 6.45) is 0. The van der Waals surface area contributed by atoms with Crippen molar-refractivity contribution in [3.8, 4) is 0 Å². The van der Waals surface area contributed by atoms with Crippen LogP contribution in [-0.2, 0) is 0 Å². The Bertz CT molecular complexity index is 706. The Morgan fingerprint density at radius 1 is 0.952 bits per heavy atom. The molecule has 0 saturated heterocycles. The first-order valence-electron chi connectivity index (χ1n) is 5.65. The summed E-state index contributed by atoms with van der Waals surface area (Å²) >= 11 is 0.